The number of sulfone groups is 1. The third-order valence-corrected chi connectivity index (χ3v) is 4.34. The molecule has 0 bridgehead atoms. The molecule has 0 amide bonds. The molecular weight excluding hydrogens is 296 g/mol. The largest absolute Gasteiger partial charge is 0.396 e. The highest BCUT2D eigenvalue weighted by molar-refractivity contribution is 7.90. The Labute approximate surface area is 123 Å². The van der Waals surface area contributed by atoms with Crippen LogP contribution in [0.5, 0.6) is 0 Å². The summed E-state index contributed by atoms with van der Waals surface area (Å²) in [4.78, 5) is 0.103. The lowest BCUT2D eigenvalue weighted by molar-refractivity contribution is 0.602. The number of para-hydroxylation sites is 1. The van der Waals surface area contributed by atoms with Crippen molar-refractivity contribution in [3.63, 3.8) is 0 Å². The van der Waals surface area contributed by atoms with Crippen LogP contribution < -0.4 is 11.1 Å². The first-order valence-electron chi connectivity index (χ1n) is 5.91. The van der Waals surface area contributed by atoms with Crippen LogP contribution in [0.4, 0.5) is 17.1 Å². The fraction of sp³-hybridized carbons (Fsp3) is 0.143. The van der Waals surface area contributed by atoms with Gasteiger partial charge in [-0.3, -0.25) is 0 Å². The number of hydrogen-bond acceptors (Lipinski definition) is 4. The zero-order chi connectivity index (χ0) is 14.9. The molecule has 0 aromatic heterocycles. The van der Waals surface area contributed by atoms with E-state index in [2.05, 4.69) is 5.32 Å². The SMILES string of the molecule is Cc1ccc(Cl)c(Nc2cccc(S(C)(=O)=O)c2N)c1. The standard InChI is InChI=1S/C14H15ClN2O2S/c1-9-6-7-10(15)12(8-9)17-11-4-3-5-13(14(11)16)20(2,18)19/h3-8,17H,16H2,1-2H3. The van der Waals surface area contributed by atoms with Gasteiger partial charge in [0.15, 0.2) is 9.84 Å². The number of nitrogens with one attached hydrogen (secondary N) is 1. The van der Waals surface area contributed by atoms with Crippen molar-refractivity contribution in [1.29, 1.82) is 0 Å². The minimum Gasteiger partial charge on any atom is -0.396 e. The summed E-state index contributed by atoms with van der Waals surface area (Å²) in [6.07, 6.45) is 1.13. The van der Waals surface area contributed by atoms with Crippen molar-refractivity contribution in [2.75, 3.05) is 17.3 Å². The van der Waals surface area contributed by atoms with Crippen LogP contribution in [-0.4, -0.2) is 14.7 Å². The molecule has 0 saturated carbocycles. The number of hydrogen-bond donors (Lipinski definition) is 2. The lowest BCUT2D eigenvalue weighted by atomic mass is 10.2. The molecule has 2 aromatic rings. The van der Waals surface area contributed by atoms with Crippen LogP contribution in [0, 0.1) is 6.92 Å². The predicted octanol–water partition coefficient (Wildman–Crippen LogP) is 3.38. The molecule has 0 aliphatic rings. The van der Waals surface area contributed by atoms with E-state index < -0.39 is 9.84 Å². The monoisotopic (exact) mass is 310 g/mol. The Morgan fingerprint density at radius 3 is 2.50 bits per heavy atom. The third-order valence-electron chi connectivity index (χ3n) is 2.86. The second-order valence-electron chi connectivity index (χ2n) is 4.60. The fourth-order valence-corrected chi connectivity index (χ4v) is 2.86. The molecule has 4 nitrogen and oxygen atoms in total. The van der Waals surface area contributed by atoms with Gasteiger partial charge >= 0.3 is 0 Å². The van der Waals surface area contributed by atoms with Crippen LogP contribution in [0.15, 0.2) is 41.3 Å². The molecule has 0 saturated heterocycles. The number of benzene rings is 2. The molecule has 106 valence electrons. The smallest absolute Gasteiger partial charge is 0.177 e. The van der Waals surface area contributed by atoms with Crippen LogP contribution >= 0.6 is 11.6 Å². The summed E-state index contributed by atoms with van der Waals surface area (Å²) < 4.78 is 23.3. The molecule has 20 heavy (non-hydrogen) atoms. The lowest BCUT2D eigenvalue weighted by Crippen LogP contribution is -2.05. The van der Waals surface area contributed by atoms with E-state index in [9.17, 15) is 8.42 Å². The Balaban J connectivity index is 2.47. The summed E-state index contributed by atoms with van der Waals surface area (Å²) >= 11 is 6.11. The molecule has 0 radical (unpaired) electrons. The summed E-state index contributed by atoms with van der Waals surface area (Å²) in [5.41, 5.74) is 8.34. The normalized spacial score (nSPS) is 11.3. The van der Waals surface area contributed by atoms with Crippen LogP contribution in [0.25, 0.3) is 0 Å². The second-order valence-corrected chi connectivity index (χ2v) is 6.99. The van der Waals surface area contributed by atoms with Gasteiger partial charge in [-0.1, -0.05) is 23.7 Å². The zero-order valence-electron chi connectivity index (χ0n) is 11.1. The Bertz CT molecular complexity index is 758. The van der Waals surface area contributed by atoms with Crippen molar-refractivity contribution in [2.45, 2.75) is 11.8 Å². The average molecular weight is 311 g/mol. The van der Waals surface area contributed by atoms with Crippen LogP contribution in [0.3, 0.4) is 0 Å². The Morgan fingerprint density at radius 1 is 1.15 bits per heavy atom. The quantitative estimate of drug-likeness (QED) is 0.852. The Hall–Kier alpha value is -1.72. The first-order chi connectivity index (χ1) is 9.29. The summed E-state index contributed by atoms with van der Waals surface area (Å²) in [6.45, 7) is 1.94. The van der Waals surface area contributed by atoms with Crippen molar-refractivity contribution in [2.24, 2.45) is 0 Å². The van der Waals surface area contributed by atoms with Gasteiger partial charge in [0.1, 0.15) is 0 Å². The van der Waals surface area contributed by atoms with Gasteiger partial charge < -0.3 is 11.1 Å². The van der Waals surface area contributed by atoms with E-state index in [1.807, 2.05) is 19.1 Å². The van der Waals surface area contributed by atoms with Gasteiger partial charge in [-0.25, -0.2) is 8.42 Å². The average Bonchev–Trinajstić information content (AvgIpc) is 2.35. The first kappa shape index (κ1) is 14.7. The van der Waals surface area contributed by atoms with Crippen LogP contribution in [-0.2, 0) is 9.84 Å². The number of anilines is 3. The lowest BCUT2D eigenvalue weighted by Gasteiger charge is -2.13. The van der Waals surface area contributed by atoms with Crippen molar-refractivity contribution < 1.29 is 8.42 Å². The predicted molar refractivity (Wildman–Crippen MR) is 83.4 cm³/mol. The topological polar surface area (TPSA) is 72.2 Å². The number of aryl methyl sites for hydroxylation is 1. The molecule has 0 fully saturated rings. The van der Waals surface area contributed by atoms with Crippen molar-refractivity contribution >= 4 is 38.5 Å². The summed E-state index contributed by atoms with van der Waals surface area (Å²) in [7, 11) is -3.36. The van der Waals surface area contributed by atoms with Gasteiger partial charge in [-0.05, 0) is 36.8 Å². The highest BCUT2D eigenvalue weighted by atomic mass is 35.5. The minimum absolute atomic E-state index is 0.103. The maximum atomic E-state index is 11.6. The molecule has 0 atom stereocenters. The molecule has 0 aliphatic carbocycles. The molecule has 2 aromatic carbocycles. The molecule has 0 heterocycles. The van der Waals surface area contributed by atoms with E-state index >= 15 is 0 Å². The summed E-state index contributed by atoms with van der Waals surface area (Å²) in [6, 6.07) is 10.4. The molecule has 0 spiro atoms. The van der Waals surface area contributed by atoms with Gasteiger partial charge in [0.25, 0.3) is 0 Å². The highest BCUT2D eigenvalue weighted by Gasteiger charge is 2.14. The van der Waals surface area contributed by atoms with Gasteiger partial charge in [-0.15, -0.1) is 0 Å². The molecule has 2 rings (SSSR count). The Kier molecular flexibility index (Phi) is 3.92. The second kappa shape index (κ2) is 5.34. The molecule has 0 unspecified atom stereocenters. The van der Waals surface area contributed by atoms with Crippen molar-refractivity contribution in [1.82, 2.24) is 0 Å². The minimum atomic E-state index is -3.36. The first-order valence-corrected chi connectivity index (χ1v) is 8.17. The van der Waals surface area contributed by atoms with E-state index in [-0.39, 0.29) is 10.6 Å². The maximum absolute atomic E-state index is 11.6. The van der Waals surface area contributed by atoms with E-state index in [4.69, 9.17) is 17.3 Å². The van der Waals surface area contributed by atoms with Crippen LogP contribution in [0.2, 0.25) is 5.02 Å². The van der Waals surface area contributed by atoms with E-state index in [1.165, 1.54) is 6.07 Å². The highest BCUT2D eigenvalue weighted by Crippen LogP contribution is 2.32. The fourth-order valence-electron chi connectivity index (χ4n) is 1.86. The number of nitrogen functional groups attached to an aromatic ring is 1. The van der Waals surface area contributed by atoms with Crippen LogP contribution in [0.1, 0.15) is 5.56 Å². The number of nitrogens with two attached hydrogens (primary N) is 1. The Morgan fingerprint density at radius 2 is 1.85 bits per heavy atom. The third kappa shape index (κ3) is 3.05. The van der Waals surface area contributed by atoms with Crippen molar-refractivity contribution in [3.8, 4) is 0 Å². The molecule has 3 N–H and O–H groups in total. The number of rotatable bonds is 3. The van der Waals surface area contributed by atoms with Gasteiger partial charge in [-0.2, -0.15) is 0 Å². The summed E-state index contributed by atoms with van der Waals surface area (Å²) in [5.74, 6) is 0. The molecular formula is C14H15ClN2O2S. The van der Waals surface area contributed by atoms with Crippen molar-refractivity contribution in [3.05, 3.63) is 47.0 Å². The van der Waals surface area contributed by atoms with E-state index in [0.29, 0.717) is 16.4 Å². The van der Waals surface area contributed by atoms with E-state index in [1.54, 1.807) is 18.2 Å². The van der Waals surface area contributed by atoms with Gasteiger partial charge in [0.2, 0.25) is 0 Å². The molecule has 6 heteroatoms. The molecule has 0 aliphatic heterocycles. The maximum Gasteiger partial charge on any atom is 0.177 e. The van der Waals surface area contributed by atoms with Gasteiger partial charge in [0.05, 0.1) is 27.0 Å². The number of halogens is 1. The van der Waals surface area contributed by atoms with Gasteiger partial charge in [0, 0.05) is 6.26 Å². The van der Waals surface area contributed by atoms with E-state index in [0.717, 1.165) is 11.8 Å². The summed E-state index contributed by atoms with van der Waals surface area (Å²) in [5, 5.41) is 3.61. The zero-order valence-corrected chi connectivity index (χ0v) is 12.7.